The normalized spacial score (nSPS) is 14.1. The van der Waals surface area contributed by atoms with Crippen LogP contribution in [0.5, 0.6) is 0 Å². The van der Waals surface area contributed by atoms with Crippen molar-refractivity contribution in [1.82, 2.24) is 10.6 Å². The lowest BCUT2D eigenvalue weighted by Crippen LogP contribution is -2.53. The summed E-state index contributed by atoms with van der Waals surface area (Å²) in [5.74, 6) is -0.907. The molecule has 0 aliphatic heterocycles. The summed E-state index contributed by atoms with van der Waals surface area (Å²) in [5, 5.41) is 14.4. The molecular formula is C36H35F4N3O3S. The minimum Gasteiger partial charge on any atom is -0.339 e. The molecule has 3 atom stereocenters. The smallest absolute Gasteiger partial charge is 0.339 e. The summed E-state index contributed by atoms with van der Waals surface area (Å²) in [6, 6.07) is 25.3. The maximum absolute atomic E-state index is 14.8. The molecule has 0 heterocycles. The van der Waals surface area contributed by atoms with Gasteiger partial charge in [-0.25, -0.2) is 12.8 Å². The standard InChI is InChI=1S/C36H35F4N3O3S/c1-35(2,37)22-32(34(44)42-30(23-41)21-24-7-5-4-6-8-24)43-33(36(38,39)40)29-15-13-27(14-16-29)25-9-11-26(12-10-25)28-17-19-31(20-18-28)47(3,45)46/h4-20,30,32-33,43H,21-22H2,1-3H3,(H,42,44)/t30-,32-,33-/m0/s1. The number of rotatable bonds is 12. The van der Waals surface area contributed by atoms with Crippen LogP contribution in [0.4, 0.5) is 17.6 Å². The zero-order chi connectivity index (χ0) is 34.4. The lowest BCUT2D eigenvalue weighted by molar-refractivity contribution is -0.161. The number of nitrogens with one attached hydrogen (secondary N) is 2. The van der Waals surface area contributed by atoms with Gasteiger partial charge in [0.05, 0.1) is 17.0 Å². The third-order valence-corrected chi connectivity index (χ3v) is 8.66. The summed E-state index contributed by atoms with van der Waals surface area (Å²) < 4.78 is 81.5. The third-order valence-electron chi connectivity index (χ3n) is 7.53. The Kier molecular flexibility index (Phi) is 10.9. The molecule has 4 aromatic rings. The van der Waals surface area contributed by atoms with Crippen LogP contribution in [0.15, 0.2) is 108 Å². The largest absolute Gasteiger partial charge is 0.407 e. The van der Waals surface area contributed by atoms with E-state index in [0.717, 1.165) is 28.5 Å². The molecule has 0 aliphatic carbocycles. The molecule has 2 N–H and O–H groups in total. The van der Waals surface area contributed by atoms with Crippen LogP contribution < -0.4 is 10.6 Å². The Morgan fingerprint density at radius 2 is 1.26 bits per heavy atom. The van der Waals surface area contributed by atoms with Gasteiger partial charge in [0.2, 0.25) is 5.91 Å². The highest BCUT2D eigenvalue weighted by molar-refractivity contribution is 7.90. The molecule has 1 amide bonds. The SMILES string of the molecule is CC(C)(F)C[C@H](N[C@@H](c1ccc(-c2ccc(-c3ccc(S(C)(=O)=O)cc3)cc2)cc1)C(F)(F)F)C(=O)N[C@H](C#N)Cc1ccccc1. The number of carbonyl (C=O) groups excluding carboxylic acids is 1. The van der Waals surface area contributed by atoms with E-state index in [1.807, 2.05) is 18.2 Å². The molecule has 0 radical (unpaired) electrons. The summed E-state index contributed by atoms with van der Waals surface area (Å²) in [6.45, 7) is 2.35. The van der Waals surface area contributed by atoms with Crippen molar-refractivity contribution in [3.05, 3.63) is 114 Å². The zero-order valence-corrected chi connectivity index (χ0v) is 26.9. The van der Waals surface area contributed by atoms with Crippen molar-refractivity contribution >= 4 is 15.7 Å². The van der Waals surface area contributed by atoms with Gasteiger partial charge in [0, 0.05) is 19.1 Å². The van der Waals surface area contributed by atoms with Crippen LogP contribution in [-0.2, 0) is 21.1 Å². The van der Waals surface area contributed by atoms with Crippen LogP contribution in [0.3, 0.4) is 0 Å². The van der Waals surface area contributed by atoms with Gasteiger partial charge in [0.25, 0.3) is 0 Å². The third kappa shape index (κ3) is 9.98. The first-order valence-corrected chi connectivity index (χ1v) is 16.7. The van der Waals surface area contributed by atoms with Gasteiger partial charge >= 0.3 is 6.18 Å². The lowest BCUT2D eigenvalue weighted by atomic mass is 9.95. The maximum atomic E-state index is 14.8. The van der Waals surface area contributed by atoms with Crippen LogP contribution >= 0.6 is 0 Å². The molecule has 4 rings (SSSR count). The highest BCUT2D eigenvalue weighted by atomic mass is 32.2. The molecule has 0 aromatic heterocycles. The van der Waals surface area contributed by atoms with Gasteiger partial charge < -0.3 is 5.32 Å². The van der Waals surface area contributed by atoms with E-state index in [1.165, 1.54) is 50.2 Å². The first-order chi connectivity index (χ1) is 22.0. The van der Waals surface area contributed by atoms with E-state index in [4.69, 9.17) is 0 Å². The van der Waals surface area contributed by atoms with Crippen molar-refractivity contribution in [3.63, 3.8) is 0 Å². The van der Waals surface area contributed by atoms with Crippen molar-refractivity contribution in [3.8, 4) is 28.3 Å². The molecule has 4 aromatic carbocycles. The number of sulfone groups is 1. The summed E-state index contributed by atoms with van der Waals surface area (Å²) >= 11 is 0. The molecule has 0 aliphatic rings. The minimum absolute atomic E-state index is 0.134. The molecule has 246 valence electrons. The van der Waals surface area contributed by atoms with Gasteiger partial charge in [0.15, 0.2) is 9.84 Å². The van der Waals surface area contributed by atoms with Gasteiger partial charge in [-0.15, -0.1) is 0 Å². The quantitative estimate of drug-likeness (QED) is 0.154. The van der Waals surface area contributed by atoms with E-state index in [2.05, 4.69) is 10.6 Å². The number of alkyl halides is 4. The van der Waals surface area contributed by atoms with Crippen LogP contribution in [-0.4, -0.2) is 44.5 Å². The summed E-state index contributed by atoms with van der Waals surface area (Å²) in [4.78, 5) is 13.4. The number of hydrogen-bond acceptors (Lipinski definition) is 5. The molecule has 0 spiro atoms. The fraction of sp³-hybridized carbons (Fsp3) is 0.278. The molecule has 0 unspecified atom stereocenters. The van der Waals surface area contributed by atoms with Crippen molar-refractivity contribution in [2.75, 3.05) is 6.26 Å². The number of hydrogen-bond donors (Lipinski definition) is 2. The average Bonchev–Trinajstić information content (AvgIpc) is 3.02. The number of carbonyl (C=O) groups is 1. The number of amides is 1. The molecule has 0 bridgehead atoms. The predicted octanol–water partition coefficient (Wildman–Crippen LogP) is 7.37. The number of benzene rings is 4. The molecule has 0 saturated heterocycles. The molecular weight excluding hydrogens is 630 g/mol. The van der Waals surface area contributed by atoms with Gasteiger partial charge in [-0.05, 0) is 59.4 Å². The zero-order valence-electron chi connectivity index (χ0n) is 26.1. The Morgan fingerprint density at radius 3 is 1.68 bits per heavy atom. The fourth-order valence-electron chi connectivity index (χ4n) is 5.16. The van der Waals surface area contributed by atoms with E-state index in [0.29, 0.717) is 5.56 Å². The van der Waals surface area contributed by atoms with Crippen molar-refractivity contribution in [2.45, 2.75) is 61.6 Å². The second kappa shape index (κ2) is 14.5. The summed E-state index contributed by atoms with van der Waals surface area (Å²) in [6.07, 6.45) is -4.12. The Labute approximate surface area is 272 Å². The summed E-state index contributed by atoms with van der Waals surface area (Å²) in [7, 11) is -3.32. The van der Waals surface area contributed by atoms with E-state index in [1.54, 1.807) is 54.6 Å². The van der Waals surface area contributed by atoms with Crippen LogP contribution in [0.2, 0.25) is 0 Å². The second-order valence-electron chi connectivity index (χ2n) is 12.0. The Morgan fingerprint density at radius 1 is 0.787 bits per heavy atom. The van der Waals surface area contributed by atoms with Crippen molar-refractivity contribution in [1.29, 1.82) is 5.26 Å². The van der Waals surface area contributed by atoms with Crippen LogP contribution in [0.1, 0.15) is 37.4 Å². The van der Waals surface area contributed by atoms with E-state index >= 15 is 0 Å². The Hall–Kier alpha value is -4.53. The molecule has 11 heteroatoms. The highest BCUT2D eigenvalue weighted by Gasteiger charge is 2.44. The Balaban J connectivity index is 1.53. The van der Waals surface area contributed by atoms with Crippen LogP contribution in [0.25, 0.3) is 22.3 Å². The molecule has 6 nitrogen and oxygen atoms in total. The Bertz CT molecular complexity index is 1800. The van der Waals surface area contributed by atoms with Gasteiger partial charge in [-0.1, -0.05) is 91.0 Å². The molecule has 0 saturated carbocycles. The second-order valence-corrected chi connectivity index (χ2v) is 14.0. The van der Waals surface area contributed by atoms with Gasteiger partial charge in [-0.3, -0.25) is 10.1 Å². The molecule has 47 heavy (non-hydrogen) atoms. The van der Waals surface area contributed by atoms with E-state index in [9.17, 15) is 36.0 Å². The van der Waals surface area contributed by atoms with Gasteiger partial charge in [0.1, 0.15) is 17.8 Å². The fourth-order valence-corrected chi connectivity index (χ4v) is 5.79. The highest BCUT2D eigenvalue weighted by Crippen LogP contribution is 2.35. The van der Waals surface area contributed by atoms with E-state index in [-0.39, 0.29) is 16.9 Å². The maximum Gasteiger partial charge on any atom is 0.407 e. The average molecular weight is 666 g/mol. The van der Waals surface area contributed by atoms with Gasteiger partial charge in [-0.2, -0.15) is 18.4 Å². The lowest BCUT2D eigenvalue weighted by Gasteiger charge is -2.30. The number of halogens is 4. The molecule has 0 fully saturated rings. The minimum atomic E-state index is -4.83. The predicted molar refractivity (Wildman–Crippen MR) is 174 cm³/mol. The van der Waals surface area contributed by atoms with E-state index < -0.39 is 52.1 Å². The van der Waals surface area contributed by atoms with Crippen LogP contribution in [0, 0.1) is 11.3 Å². The monoisotopic (exact) mass is 665 g/mol. The number of nitrogens with zero attached hydrogens (tertiary/aromatic N) is 1. The first kappa shape index (κ1) is 35.3. The number of nitriles is 1. The van der Waals surface area contributed by atoms with Crippen molar-refractivity contribution in [2.24, 2.45) is 0 Å². The van der Waals surface area contributed by atoms with Crippen molar-refractivity contribution < 1.29 is 30.8 Å². The summed E-state index contributed by atoms with van der Waals surface area (Å²) in [5.41, 5.74) is 1.61. The topological polar surface area (TPSA) is 99.1 Å². The first-order valence-electron chi connectivity index (χ1n) is 14.8.